The lowest BCUT2D eigenvalue weighted by molar-refractivity contribution is -0.00931. The van der Waals surface area contributed by atoms with Crippen LogP contribution in [-0.4, -0.2) is 19.9 Å². The predicted octanol–water partition coefficient (Wildman–Crippen LogP) is 2.13. The summed E-state index contributed by atoms with van der Waals surface area (Å²) < 4.78 is 5.57. The highest BCUT2D eigenvalue weighted by Gasteiger charge is 2.22. The second-order valence-corrected chi connectivity index (χ2v) is 3.78. The number of benzene rings is 1. The highest BCUT2D eigenvalue weighted by molar-refractivity contribution is 5.19. The summed E-state index contributed by atoms with van der Waals surface area (Å²) in [6, 6.07) is 10.7. The quantitative estimate of drug-likeness (QED) is 0.773. The SMILES string of the molecule is CN[C@@H]1C[C@H](c2ccccc2)CCO1. The summed E-state index contributed by atoms with van der Waals surface area (Å²) in [4.78, 5) is 0. The van der Waals surface area contributed by atoms with E-state index in [4.69, 9.17) is 4.74 Å². The molecule has 2 rings (SSSR count). The van der Waals surface area contributed by atoms with Gasteiger partial charge in [-0.15, -0.1) is 0 Å². The Kier molecular flexibility index (Phi) is 3.17. The van der Waals surface area contributed by atoms with Gasteiger partial charge in [-0.25, -0.2) is 0 Å². The van der Waals surface area contributed by atoms with Gasteiger partial charge in [0.05, 0.1) is 0 Å². The van der Waals surface area contributed by atoms with Crippen molar-refractivity contribution in [1.29, 1.82) is 0 Å². The zero-order valence-electron chi connectivity index (χ0n) is 8.57. The van der Waals surface area contributed by atoms with Gasteiger partial charge in [0.15, 0.2) is 0 Å². The zero-order valence-corrected chi connectivity index (χ0v) is 8.57. The minimum atomic E-state index is 0.231. The number of hydrogen-bond donors (Lipinski definition) is 1. The van der Waals surface area contributed by atoms with E-state index in [0.29, 0.717) is 5.92 Å². The summed E-state index contributed by atoms with van der Waals surface area (Å²) in [6.45, 7) is 0.866. The highest BCUT2D eigenvalue weighted by atomic mass is 16.5. The molecule has 0 radical (unpaired) electrons. The topological polar surface area (TPSA) is 21.3 Å². The maximum atomic E-state index is 5.57. The summed E-state index contributed by atoms with van der Waals surface area (Å²) in [5.74, 6) is 0.655. The van der Waals surface area contributed by atoms with E-state index in [-0.39, 0.29) is 6.23 Å². The molecule has 1 fully saturated rings. The third-order valence-corrected chi connectivity index (χ3v) is 2.88. The molecule has 1 aliphatic heterocycles. The fraction of sp³-hybridized carbons (Fsp3) is 0.500. The van der Waals surface area contributed by atoms with Crippen LogP contribution in [0.4, 0.5) is 0 Å². The van der Waals surface area contributed by atoms with E-state index in [0.717, 1.165) is 19.4 Å². The van der Waals surface area contributed by atoms with Gasteiger partial charge in [0, 0.05) is 6.61 Å². The van der Waals surface area contributed by atoms with Gasteiger partial charge in [0.1, 0.15) is 6.23 Å². The van der Waals surface area contributed by atoms with Crippen LogP contribution in [0.2, 0.25) is 0 Å². The molecule has 1 saturated heterocycles. The molecule has 1 aromatic rings. The average molecular weight is 191 g/mol. The molecule has 0 aromatic heterocycles. The molecule has 0 bridgehead atoms. The van der Waals surface area contributed by atoms with E-state index < -0.39 is 0 Å². The Bertz CT molecular complexity index is 273. The first-order valence-corrected chi connectivity index (χ1v) is 5.24. The molecule has 14 heavy (non-hydrogen) atoms. The smallest absolute Gasteiger partial charge is 0.108 e. The molecule has 1 N–H and O–H groups in total. The van der Waals surface area contributed by atoms with Crippen LogP contribution < -0.4 is 5.32 Å². The fourth-order valence-electron chi connectivity index (χ4n) is 2.03. The van der Waals surface area contributed by atoms with Crippen molar-refractivity contribution in [3.05, 3.63) is 35.9 Å². The first kappa shape index (κ1) is 9.69. The first-order chi connectivity index (χ1) is 6.90. The number of nitrogens with one attached hydrogen (secondary N) is 1. The molecule has 0 saturated carbocycles. The van der Waals surface area contributed by atoms with Crippen LogP contribution in [0.15, 0.2) is 30.3 Å². The van der Waals surface area contributed by atoms with Crippen molar-refractivity contribution in [3.8, 4) is 0 Å². The summed E-state index contributed by atoms with van der Waals surface area (Å²) in [7, 11) is 1.96. The lowest BCUT2D eigenvalue weighted by Gasteiger charge is -2.29. The van der Waals surface area contributed by atoms with Crippen LogP contribution in [0.25, 0.3) is 0 Å². The predicted molar refractivity (Wildman–Crippen MR) is 57.2 cm³/mol. The molecule has 2 heteroatoms. The van der Waals surface area contributed by atoms with Crippen LogP contribution in [0.3, 0.4) is 0 Å². The van der Waals surface area contributed by atoms with Crippen molar-refractivity contribution in [1.82, 2.24) is 5.32 Å². The van der Waals surface area contributed by atoms with Crippen molar-refractivity contribution in [2.24, 2.45) is 0 Å². The van der Waals surface area contributed by atoms with Crippen molar-refractivity contribution in [2.75, 3.05) is 13.7 Å². The Morgan fingerprint density at radius 1 is 1.29 bits per heavy atom. The first-order valence-electron chi connectivity index (χ1n) is 5.24. The van der Waals surface area contributed by atoms with Gasteiger partial charge in [-0.1, -0.05) is 30.3 Å². The fourth-order valence-corrected chi connectivity index (χ4v) is 2.03. The number of hydrogen-bond acceptors (Lipinski definition) is 2. The van der Waals surface area contributed by atoms with Crippen LogP contribution in [-0.2, 0) is 4.74 Å². The molecule has 1 heterocycles. The van der Waals surface area contributed by atoms with E-state index in [2.05, 4.69) is 35.6 Å². The minimum Gasteiger partial charge on any atom is -0.363 e. The molecular formula is C12H17NO. The van der Waals surface area contributed by atoms with Gasteiger partial charge in [-0.05, 0) is 31.4 Å². The summed E-state index contributed by atoms with van der Waals surface area (Å²) in [5, 5.41) is 3.18. The molecule has 76 valence electrons. The van der Waals surface area contributed by atoms with Gasteiger partial charge in [0.2, 0.25) is 0 Å². The van der Waals surface area contributed by atoms with E-state index in [9.17, 15) is 0 Å². The van der Waals surface area contributed by atoms with Gasteiger partial charge >= 0.3 is 0 Å². The Morgan fingerprint density at radius 2 is 2.07 bits per heavy atom. The number of rotatable bonds is 2. The Hall–Kier alpha value is -0.860. The second kappa shape index (κ2) is 4.58. The summed E-state index contributed by atoms with van der Waals surface area (Å²) in [5.41, 5.74) is 1.44. The lowest BCUT2D eigenvalue weighted by atomic mass is 9.90. The largest absolute Gasteiger partial charge is 0.363 e. The molecule has 0 spiro atoms. The summed E-state index contributed by atoms with van der Waals surface area (Å²) in [6.07, 6.45) is 2.46. The van der Waals surface area contributed by atoms with Crippen molar-refractivity contribution >= 4 is 0 Å². The zero-order chi connectivity index (χ0) is 9.80. The Balaban J connectivity index is 2.04. The number of ether oxygens (including phenoxy) is 1. The second-order valence-electron chi connectivity index (χ2n) is 3.78. The standard InChI is InChI=1S/C12H17NO/c1-13-12-9-11(7-8-14-12)10-5-3-2-4-6-10/h2-6,11-13H,7-9H2,1H3/t11-,12+/m1/s1. The highest BCUT2D eigenvalue weighted by Crippen LogP contribution is 2.28. The van der Waals surface area contributed by atoms with Crippen LogP contribution in [0.1, 0.15) is 24.3 Å². The van der Waals surface area contributed by atoms with E-state index in [1.807, 2.05) is 7.05 Å². The van der Waals surface area contributed by atoms with Crippen molar-refractivity contribution in [2.45, 2.75) is 25.0 Å². The van der Waals surface area contributed by atoms with Crippen molar-refractivity contribution in [3.63, 3.8) is 0 Å². The molecule has 0 amide bonds. The van der Waals surface area contributed by atoms with Gasteiger partial charge in [-0.2, -0.15) is 0 Å². The van der Waals surface area contributed by atoms with E-state index in [1.54, 1.807) is 0 Å². The third-order valence-electron chi connectivity index (χ3n) is 2.88. The van der Waals surface area contributed by atoms with E-state index in [1.165, 1.54) is 5.56 Å². The molecule has 0 aliphatic carbocycles. The monoisotopic (exact) mass is 191 g/mol. The van der Waals surface area contributed by atoms with Crippen molar-refractivity contribution < 1.29 is 4.74 Å². The maximum Gasteiger partial charge on any atom is 0.108 e. The Labute approximate surface area is 85.3 Å². The van der Waals surface area contributed by atoms with Gasteiger partial charge in [0.25, 0.3) is 0 Å². The van der Waals surface area contributed by atoms with Gasteiger partial charge in [-0.3, -0.25) is 5.32 Å². The third kappa shape index (κ3) is 2.14. The minimum absolute atomic E-state index is 0.231. The molecule has 2 atom stereocenters. The van der Waals surface area contributed by atoms with Crippen LogP contribution >= 0.6 is 0 Å². The molecule has 1 aliphatic rings. The average Bonchev–Trinajstić information content (AvgIpc) is 2.30. The Morgan fingerprint density at radius 3 is 2.79 bits per heavy atom. The van der Waals surface area contributed by atoms with Crippen LogP contribution in [0, 0.1) is 0 Å². The molecule has 0 unspecified atom stereocenters. The van der Waals surface area contributed by atoms with E-state index >= 15 is 0 Å². The maximum absolute atomic E-state index is 5.57. The summed E-state index contributed by atoms with van der Waals surface area (Å²) >= 11 is 0. The molecule has 2 nitrogen and oxygen atoms in total. The van der Waals surface area contributed by atoms with Crippen LogP contribution in [0.5, 0.6) is 0 Å². The lowest BCUT2D eigenvalue weighted by Crippen LogP contribution is -2.34. The van der Waals surface area contributed by atoms with Gasteiger partial charge < -0.3 is 4.74 Å². The normalized spacial score (nSPS) is 27.5. The molecule has 1 aromatic carbocycles. The molecular weight excluding hydrogens is 174 g/mol.